The summed E-state index contributed by atoms with van der Waals surface area (Å²) in [6, 6.07) is 14.6. The molecule has 0 radical (unpaired) electrons. The van der Waals surface area contributed by atoms with Gasteiger partial charge < -0.3 is 10.1 Å². The Bertz CT molecular complexity index is 747. The summed E-state index contributed by atoms with van der Waals surface area (Å²) in [6.07, 6.45) is 1.23. The van der Waals surface area contributed by atoms with Gasteiger partial charge in [0, 0.05) is 18.7 Å². The van der Waals surface area contributed by atoms with Crippen molar-refractivity contribution in [3.8, 4) is 0 Å². The zero-order valence-electron chi connectivity index (χ0n) is 15.3. The molecule has 1 amide bonds. The number of amides is 1. The van der Waals surface area contributed by atoms with Gasteiger partial charge in [0.1, 0.15) is 5.60 Å². The highest BCUT2D eigenvalue weighted by Crippen LogP contribution is 2.14. The number of nitrogens with zero attached hydrogens (tertiary/aromatic N) is 1. The van der Waals surface area contributed by atoms with Gasteiger partial charge in [0.25, 0.3) is 5.69 Å². The molecule has 1 N–H and O–H groups in total. The van der Waals surface area contributed by atoms with Crippen LogP contribution in [-0.2, 0) is 24.1 Å². The number of nitro benzene ring substituents is 1. The summed E-state index contributed by atoms with van der Waals surface area (Å²) >= 11 is 0. The first kappa shape index (κ1) is 19.4. The second kappa shape index (κ2) is 8.47. The number of alkyl carbamates (subject to hydrolysis) is 1. The van der Waals surface area contributed by atoms with E-state index >= 15 is 0 Å². The standard InChI is InChI=1S/C20H24N2O4/c1-20(2,3)26-19(23)21-14-17-8-6-15(7-9-17)4-5-16-10-12-18(13-11-16)22(24)25/h6-13H,4-5,14H2,1-3H3,(H,21,23). The Morgan fingerprint density at radius 1 is 0.962 bits per heavy atom. The molecule has 0 atom stereocenters. The van der Waals surface area contributed by atoms with Crippen LogP contribution in [0.1, 0.15) is 37.5 Å². The molecular formula is C20H24N2O4. The normalized spacial score (nSPS) is 11.0. The Morgan fingerprint density at radius 3 is 1.88 bits per heavy atom. The highest BCUT2D eigenvalue weighted by atomic mass is 16.6. The molecule has 138 valence electrons. The maximum Gasteiger partial charge on any atom is 0.407 e. The Labute approximate surface area is 153 Å². The van der Waals surface area contributed by atoms with Gasteiger partial charge >= 0.3 is 6.09 Å². The third-order valence-electron chi connectivity index (χ3n) is 3.71. The van der Waals surface area contributed by atoms with Crippen molar-refractivity contribution in [2.75, 3.05) is 0 Å². The molecule has 2 aromatic carbocycles. The van der Waals surface area contributed by atoms with Gasteiger partial charge in [-0.2, -0.15) is 0 Å². The minimum atomic E-state index is -0.508. The second-order valence-electron chi connectivity index (χ2n) is 7.10. The number of rotatable bonds is 6. The van der Waals surface area contributed by atoms with Crippen LogP contribution in [0.2, 0.25) is 0 Å². The third kappa shape index (κ3) is 6.55. The van der Waals surface area contributed by atoms with Crippen LogP contribution in [0.15, 0.2) is 48.5 Å². The van der Waals surface area contributed by atoms with E-state index in [1.165, 1.54) is 17.7 Å². The van der Waals surface area contributed by atoms with E-state index in [-0.39, 0.29) is 5.69 Å². The van der Waals surface area contributed by atoms with E-state index in [0.29, 0.717) is 6.54 Å². The maximum atomic E-state index is 11.6. The molecule has 0 saturated heterocycles. The Morgan fingerprint density at radius 2 is 1.42 bits per heavy atom. The molecule has 0 heterocycles. The first-order valence-electron chi connectivity index (χ1n) is 8.51. The summed E-state index contributed by atoms with van der Waals surface area (Å²) in [6.45, 7) is 5.89. The van der Waals surface area contributed by atoms with Gasteiger partial charge in [0.2, 0.25) is 0 Å². The van der Waals surface area contributed by atoms with Crippen molar-refractivity contribution < 1.29 is 14.5 Å². The maximum absolute atomic E-state index is 11.6. The van der Waals surface area contributed by atoms with Crippen molar-refractivity contribution in [3.63, 3.8) is 0 Å². The largest absolute Gasteiger partial charge is 0.444 e. The van der Waals surface area contributed by atoms with Crippen LogP contribution < -0.4 is 5.32 Å². The molecule has 0 spiro atoms. The zero-order valence-corrected chi connectivity index (χ0v) is 15.3. The average molecular weight is 356 g/mol. The summed E-state index contributed by atoms with van der Waals surface area (Å²) in [5, 5.41) is 13.4. The Kier molecular flexibility index (Phi) is 6.33. The number of hydrogen-bond donors (Lipinski definition) is 1. The van der Waals surface area contributed by atoms with Crippen LogP contribution in [0.5, 0.6) is 0 Å². The third-order valence-corrected chi connectivity index (χ3v) is 3.71. The van der Waals surface area contributed by atoms with Gasteiger partial charge in [-0.05, 0) is 50.3 Å². The number of benzene rings is 2. The number of non-ortho nitro benzene ring substituents is 1. The second-order valence-corrected chi connectivity index (χ2v) is 7.10. The highest BCUT2D eigenvalue weighted by molar-refractivity contribution is 5.67. The van der Waals surface area contributed by atoms with Crippen LogP contribution in [0.3, 0.4) is 0 Å². The molecule has 6 nitrogen and oxygen atoms in total. The summed E-state index contributed by atoms with van der Waals surface area (Å²) < 4.78 is 5.20. The van der Waals surface area contributed by atoms with Gasteiger partial charge in [0.05, 0.1) is 4.92 Å². The molecule has 0 fully saturated rings. The lowest BCUT2D eigenvalue weighted by Crippen LogP contribution is -2.32. The molecule has 26 heavy (non-hydrogen) atoms. The van der Waals surface area contributed by atoms with Gasteiger partial charge in [-0.15, -0.1) is 0 Å². The topological polar surface area (TPSA) is 81.5 Å². The SMILES string of the molecule is CC(C)(C)OC(=O)NCc1ccc(CCc2ccc([N+](=O)[O-])cc2)cc1. The van der Waals surface area contributed by atoms with E-state index in [4.69, 9.17) is 4.74 Å². The van der Waals surface area contributed by atoms with Crippen LogP contribution >= 0.6 is 0 Å². The quantitative estimate of drug-likeness (QED) is 0.614. The van der Waals surface area contributed by atoms with Crippen molar-refractivity contribution in [1.82, 2.24) is 5.32 Å². The van der Waals surface area contributed by atoms with Crippen molar-refractivity contribution in [2.24, 2.45) is 0 Å². The number of nitro groups is 1. The molecule has 0 saturated carbocycles. The van der Waals surface area contributed by atoms with E-state index in [0.717, 1.165) is 24.0 Å². The van der Waals surface area contributed by atoms with E-state index in [1.807, 2.05) is 45.0 Å². The van der Waals surface area contributed by atoms with Crippen LogP contribution in [0, 0.1) is 10.1 Å². The highest BCUT2D eigenvalue weighted by Gasteiger charge is 2.15. The van der Waals surface area contributed by atoms with E-state index in [2.05, 4.69) is 5.32 Å². The smallest absolute Gasteiger partial charge is 0.407 e. The number of nitrogens with one attached hydrogen (secondary N) is 1. The van der Waals surface area contributed by atoms with E-state index in [9.17, 15) is 14.9 Å². The molecule has 0 unspecified atom stereocenters. The molecule has 2 rings (SSSR count). The fraction of sp³-hybridized carbons (Fsp3) is 0.350. The van der Waals surface area contributed by atoms with Gasteiger partial charge in [0.15, 0.2) is 0 Å². The molecule has 6 heteroatoms. The first-order chi connectivity index (χ1) is 12.2. The van der Waals surface area contributed by atoms with Gasteiger partial charge in [-0.25, -0.2) is 4.79 Å². The monoisotopic (exact) mass is 356 g/mol. The number of carbonyl (C=O) groups is 1. The summed E-state index contributed by atoms with van der Waals surface area (Å²) in [7, 11) is 0. The number of ether oxygens (including phenoxy) is 1. The molecule has 0 bridgehead atoms. The summed E-state index contributed by atoms with van der Waals surface area (Å²) in [5.41, 5.74) is 2.83. The molecule has 0 aromatic heterocycles. The van der Waals surface area contributed by atoms with Gasteiger partial charge in [-0.3, -0.25) is 10.1 Å². The lowest BCUT2D eigenvalue weighted by molar-refractivity contribution is -0.384. The minimum absolute atomic E-state index is 0.107. The van der Waals surface area contributed by atoms with Gasteiger partial charge in [-0.1, -0.05) is 36.4 Å². The molecule has 0 aliphatic carbocycles. The first-order valence-corrected chi connectivity index (χ1v) is 8.51. The summed E-state index contributed by atoms with van der Waals surface area (Å²) in [5.74, 6) is 0. The molecule has 0 aliphatic heterocycles. The van der Waals surface area contributed by atoms with E-state index < -0.39 is 16.6 Å². The number of carbonyl (C=O) groups excluding carboxylic acids is 1. The van der Waals surface area contributed by atoms with Crippen molar-refractivity contribution in [1.29, 1.82) is 0 Å². The Hall–Kier alpha value is -2.89. The van der Waals surface area contributed by atoms with Crippen LogP contribution in [-0.4, -0.2) is 16.6 Å². The fourth-order valence-electron chi connectivity index (χ4n) is 2.39. The lowest BCUT2D eigenvalue weighted by Gasteiger charge is -2.19. The number of aryl methyl sites for hydroxylation is 2. The Balaban J connectivity index is 1.81. The fourth-order valence-corrected chi connectivity index (χ4v) is 2.39. The average Bonchev–Trinajstić information content (AvgIpc) is 2.58. The lowest BCUT2D eigenvalue weighted by atomic mass is 10.0. The van der Waals surface area contributed by atoms with Crippen LogP contribution in [0.25, 0.3) is 0 Å². The predicted octanol–water partition coefficient (Wildman–Crippen LogP) is 4.40. The summed E-state index contributed by atoms with van der Waals surface area (Å²) in [4.78, 5) is 21.9. The van der Waals surface area contributed by atoms with Crippen LogP contribution in [0.4, 0.5) is 10.5 Å². The van der Waals surface area contributed by atoms with E-state index in [1.54, 1.807) is 12.1 Å². The van der Waals surface area contributed by atoms with Crippen molar-refractivity contribution in [3.05, 3.63) is 75.3 Å². The molecule has 2 aromatic rings. The molecule has 0 aliphatic rings. The minimum Gasteiger partial charge on any atom is -0.444 e. The van der Waals surface area contributed by atoms with Crippen molar-refractivity contribution in [2.45, 2.75) is 45.8 Å². The zero-order chi connectivity index (χ0) is 19.2. The molecular weight excluding hydrogens is 332 g/mol. The van der Waals surface area contributed by atoms with Crippen molar-refractivity contribution >= 4 is 11.8 Å². The predicted molar refractivity (Wildman–Crippen MR) is 100 cm³/mol. The number of hydrogen-bond acceptors (Lipinski definition) is 4.